The second kappa shape index (κ2) is 6.58. The molecule has 1 saturated heterocycles. The predicted molar refractivity (Wildman–Crippen MR) is 81.5 cm³/mol. The van der Waals surface area contributed by atoms with Crippen LogP contribution in [0.25, 0.3) is 0 Å². The summed E-state index contributed by atoms with van der Waals surface area (Å²) < 4.78 is 22.9. The topological polar surface area (TPSA) is 80.5 Å². The van der Waals surface area contributed by atoms with E-state index in [0.717, 1.165) is 44.3 Å². The molecule has 0 unspecified atom stereocenters. The number of likely N-dealkylation sites (tertiary alicyclic amines) is 1. The molecule has 2 N–H and O–H groups in total. The Balaban J connectivity index is 2.29. The summed E-state index contributed by atoms with van der Waals surface area (Å²) in [6.45, 7) is 3.28. The number of rotatable bonds is 2. The molecule has 0 bridgehead atoms. The quantitative estimate of drug-likeness (QED) is 0.907. The van der Waals surface area contributed by atoms with Crippen molar-refractivity contribution in [3.63, 3.8) is 0 Å². The molecular formula is C15H22N2O3S. The Morgan fingerprint density at radius 1 is 1.10 bits per heavy atom. The first-order valence-corrected chi connectivity index (χ1v) is 8.87. The highest BCUT2D eigenvalue weighted by Gasteiger charge is 2.20. The molecule has 0 spiro atoms. The molecule has 0 radical (unpaired) electrons. The third-order valence-electron chi connectivity index (χ3n) is 3.91. The lowest BCUT2D eigenvalue weighted by Gasteiger charge is -2.25. The first-order chi connectivity index (χ1) is 9.89. The standard InChI is InChI=1S/C15H22N2O3S/c1-12-7-8-13(21(16,19)20)11-14(12)15(18)17-9-5-3-2-4-6-10-17/h7-8,11H,2-6,9-10H2,1H3,(H2,16,19,20). The van der Waals surface area contributed by atoms with Gasteiger partial charge in [-0.3, -0.25) is 4.79 Å². The summed E-state index contributed by atoms with van der Waals surface area (Å²) in [5.74, 6) is -0.0973. The zero-order valence-electron chi connectivity index (χ0n) is 12.3. The molecule has 6 heteroatoms. The maximum Gasteiger partial charge on any atom is 0.254 e. The molecule has 0 aliphatic carbocycles. The van der Waals surface area contributed by atoms with Gasteiger partial charge in [0.05, 0.1) is 4.90 Å². The Hall–Kier alpha value is -1.40. The van der Waals surface area contributed by atoms with E-state index in [1.54, 1.807) is 6.07 Å². The average Bonchev–Trinajstić information content (AvgIpc) is 2.36. The van der Waals surface area contributed by atoms with E-state index in [4.69, 9.17) is 5.14 Å². The average molecular weight is 310 g/mol. The van der Waals surface area contributed by atoms with Crippen LogP contribution in [0, 0.1) is 6.92 Å². The van der Waals surface area contributed by atoms with Gasteiger partial charge in [-0.25, -0.2) is 13.6 Å². The largest absolute Gasteiger partial charge is 0.339 e. The first-order valence-electron chi connectivity index (χ1n) is 7.32. The monoisotopic (exact) mass is 310 g/mol. The summed E-state index contributed by atoms with van der Waals surface area (Å²) in [5, 5.41) is 5.15. The molecule has 116 valence electrons. The normalized spacial score (nSPS) is 17.1. The highest BCUT2D eigenvalue weighted by molar-refractivity contribution is 7.89. The van der Waals surface area contributed by atoms with Gasteiger partial charge < -0.3 is 4.90 Å². The van der Waals surface area contributed by atoms with Crippen LogP contribution in [-0.2, 0) is 10.0 Å². The number of nitrogens with zero attached hydrogens (tertiary/aromatic N) is 1. The number of primary sulfonamides is 1. The Labute approximate surface area is 126 Å². The number of nitrogens with two attached hydrogens (primary N) is 1. The van der Waals surface area contributed by atoms with Crippen LogP contribution in [0.1, 0.15) is 48.0 Å². The van der Waals surface area contributed by atoms with Crippen molar-refractivity contribution in [1.29, 1.82) is 0 Å². The molecule has 1 aromatic rings. The number of hydrogen-bond donors (Lipinski definition) is 1. The van der Waals surface area contributed by atoms with E-state index in [1.807, 2.05) is 11.8 Å². The van der Waals surface area contributed by atoms with Crippen LogP contribution in [0.15, 0.2) is 23.1 Å². The zero-order chi connectivity index (χ0) is 15.5. The smallest absolute Gasteiger partial charge is 0.254 e. The number of carbonyl (C=O) groups excluding carboxylic acids is 1. The van der Waals surface area contributed by atoms with Gasteiger partial charge in [-0.05, 0) is 37.5 Å². The van der Waals surface area contributed by atoms with Crippen LogP contribution in [0.3, 0.4) is 0 Å². The van der Waals surface area contributed by atoms with Gasteiger partial charge in [-0.15, -0.1) is 0 Å². The van der Waals surface area contributed by atoms with Crippen molar-refractivity contribution in [3.05, 3.63) is 29.3 Å². The third kappa shape index (κ3) is 4.04. The fourth-order valence-electron chi connectivity index (χ4n) is 2.63. The molecule has 21 heavy (non-hydrogen) atoms. The van der Waals surface area contributed by atoms with E-state index < -0.39 is 10.0 Å². The van der Waals surface area contributed by atoms with E-state index in [1.165, 1.54) is 18.6 Å². The number of hydrogen-bond acceptors (Lipinski definition) is 3. The molecule has 0 saturated carbocycles. The summed E-state index contributed by atoms with van der Waals surface area (Å²) in [6.07, 6.45) is 5.50. The number of aryl methyl sites for hydroxylation is 1. The van der Waals surface area contributed by atoms with Crippen molar-refractivity contribution in [2.24, 2.45) is 5.14 Å². The lowest BCUT2D eigenvalue weighted by atomic mass is 10.0. The number of amides is 1. The van der Waals surface area contributed by atoms with Crippen LogP contribution in [0.4, 0.5) is 0 Å². The van der Waals surface area contributed by atoms with E-state index in [2.05, 4.69) is 0 Å². The molecule has 1 amide bonds. The summed E-state index contributed by atoms with van der Waals surface area (Å²) in [5.41, 5.74) is 1.21. The molecule has 1 aromatic carbocycles. The van der Waals surface area contributed by atoms with E-state index in [-0.39, 0.29) is 10.8 Å². The van der Waals surface area contributed by atoms with Crippen molar-refractivity contribution < 1.29 is 13.2 Å². The van der Waals surface area contributed by atoms with Crippen LogP contribution in [-0.4, -0.2) is 32.3 Å². The number of benzene rings is 1. The summed E-state index contributed by atoms with van der Waals surface area (Å²) >= 11 is 0. The van der Waals surface area contributed by atoms with Crippen LogP contribution >= 0.6 is 0 Å². The number of carbonyl (C=O) groups is 1. The van der Waals surface area contributed by atoms with Crippen LogP contribution < -0.4 is 5.14 Å². The van der Waals surface area contributed by atoms with Crippen molar-refractivity contribution in [3.8, 4) is 0 Å². The molecule has 1 heterocycles. The second-order valence-corrected chi connectivity index (χ2v) is 7.14. The third-order valence-corrected chi connectivity index (χ3v) is 4.82. The highest BCUT2D eigenvalue weighted by Crippen LogP contribution is 2.19. The van der Waals surface area contributed by atoms with Gasteiger partial charge in [0, 0.05) is 18.7 Å². The maximum absolute atomic E-state index is 12.7. The van der Waals surface area contributed by atoms with Crippen LogP contribution in [0.2, 0.25) is 0 Å². The van der Waals surface area contributed by atoms with Gasteiger partial charge >= 0.3 is 0 Å². The Bertz CT molecular complexity index is 618. The minimum Gasteiger partial charge on any atom is -0.339 e. The Morgan fingerprint density at radius 2 is 1.67 bits per heavy atom. The van der Waals surface area contributed by atoms with Gasteiger partial charge in [0.15, 0.2) is 0 Å². The van der Waals surface area contributed by atoms with Gasteiger partial charge in [-0.1, -0.05) is 25.3 Å². The SMILES string of the molecule is Cc1ccc(S(N)(=O)=O)cc1C(=O)N1CCCCCCC1. The molecular weight excluding hydrogens is 288 g/mol. The molecule has 1 fully saturated rings. The highest BCUT2D eigenvalue weighted by atomic mass is 32.2. The number of sulfonamides is 1. The second-order valence-electron chi connectivity index (χ2n) is 5.58. The van der Waals surface area contributed by atoms with E-state index >= 15 is 0 Å². The fourth-order valence-corrected chi connectivity index (χ4v) is 3.17. The lowest BCUT2D eigenvalue weighted by molar-refractivity contribution is 0.0741. The summed E-state index contributed by atoms with van der Waals surface area (Å²) in [4.78, 5) is 14.5. The lowest BCUT2D eigenvalue weighted by Crippen LogP contribution is -2.34. The summed E-state index contributed by atoms with van der Waals surface area (Å²) in [6, 6.07) is 4.47. The minimum absolute atomic E-state index is 0.0107. The molecule has 2 rings (SSSR count). The molecule has 0 atom stereocenters. The molecule has 1 aliphatic heterocycles. The summed E-state index contributed by atoms with van der Waals surface area (Å²) in [7, 11) is -3.79. The minimum atomic E-state index is -3.79. The molecule has 5 nitrogen and oxygen atoms in total. The van der Waals surface area contributed by atoms with Gasteiger partial charge in [0.2, 0.25) is 10.0 Å². The molecule has 0 aromatic heterocycles. The van der Waals surface area contributed by atoms with Crippen molar-refractivity contribution >= 4 is 15.9 Å². The van der Waals surface area contributed by atoms with E-state index in [0.29, 0.717) is 5.56 Å². The Kier molecular flexibility index (Phi) is 5.00. The molecule has 1 aliphatic rings. The van der Waals surface area contributed by atoms with Crippen molar-refractivity contribution in [2.45, 2.75) is 43.9 Å². The zero-order valence-corrected chi connectivity index (χ0v) is 13.2. The van der Waals surface area contributed by atoms with E-state index in [9.17, 15) is 13.2 Å². The van der Waals surface area contributed by atoms with Gasteiger partial charge in [0.1, 0.15) is 0 Å². The fraction of sp³-hybridized carbons (Fsp3) is 0.533. The van der Waals surface area contributed by atoms with Crippen molar-refractivity contribution in [1.82, 2.24) is 4.90 Å². The van der Waals surface area contributed by atoms with Gasteiger partial charge in [-0.2, -0.15) is 0 Å². The van der Waals surface area contributed by atoms with Crippen LogP contribution in [0.5, 0.6) is 0 Å². The Morgan fingerprint density at radius 3 is 2.24 bits per heavy atom. The predicted octanol–water partition coefficient (Wildman–Crippen LogP) is 2.05. The first kappa shape index (κ1) is 16.0. The maximum atomic E-state index is 12.7. The van der Waals surface area contributed by atoms with Gasteiger partial charge in [0.25, 0.3) is 5.91 Å². The van der Waals surface area contributed by atoms with Crippen molar-refractivity contribution in [2.75, 3.05) is 13.1 Å².